The number of amides is 1. The lowest BCUT2D eigenvalue weighted by Gasteiger charge is -2.35. The number of rotatable bonds is 6. The molecule has 2 aromatic carbocycles. The lowest BCUT2D eigenvalue weighted by atomic mass is 9.74. The van der Waals surface area contributed by atoms with Crippen LogP contribution < -0.4 is 15.5 Å². The summed E-state index contributed by atoms with van der Waals surface area (Å²) in [6.45, 7) is 2.78. The largest absolute Gasteiger partial charge is 0.502 e. The Morgan fingerprint density at radius 2 is 1.94 bits per heavy atom. The molecule has 168 valence electrons. The molecule has 1 amide bonds. The number of carbonyl (C=O) groups is 1. The molecule has 32 heavy (non-hydrogen) atoms. The molecule has 2 heterocycles. The van der Waals surface area contributed by atoms with E-state index in [1.165, 1.54) is 6.07 Å². The van der Waals surface area contributed by atoms with E-state index in [4.69, 9.17) is 13.9 Å². The third-order valence-electron chi connectivity index (χ3n) is 6.16. The summed E-state index contributed by atoms with van der Waals surface area (Å²) in [7, 11) is 1.61. The van der Waals surface area contributed by atoms with Crippen molar-refractivity contribution in [3.05, 3.63) is 69.8 Å². The van der Waals surface area contributed by atoms with Crippen LogP contribution in [0.15, 0.2) is 51.7 Å². The highest BCUT2D eigenvalue weighted by Crippen LogP contribution is 2.41. The number of ether oxygens (including phenoxy) is 2. The second-order valence-electron chi connectivity index (χ2n) is 8.21. The van der Waals surface area contributed by atoms with Gasteiger partial charge in [-0.3, -0.25) is 9.59 Å². The summed E-state index contributed by atoms with van der Waals surface area (Å²) >= 11 is 0. The first-order valence-corrected chi connectivity index (χ1v) is 10.7. The van der Waals surface area contributed by atoms with Crippen LogP contribution in [-0.4, -0.2) is 31.3 Å². The second kappa shape index (κ2) is 9.04. The molecule has 4 rings (SSSR count). The minimum absolute atomic E-state index is 0.0728. The first-order chi connectivity index (χ1) is 15.4. The Bertz CT molecular complexity index is 1190. The molecule has 1 aromatic heterocycles. The third kappa shape index (κ3) is 4.21. The topological polar surface area (TPSA) is 98.0 Å². The lowest BCUT2D eigenvalue weighted by molar-refractivity contribution is -0.123. The monoisotopic (exact) mass is 437 g/mol. The van der Waals surface area contributed by atoms with Crippen LogP contribution in [0.1, 0.15) is 36.3 Å². The maximum absolute atomic E-state index is 13.1. The maximum atomic E-state index is 13.1. The average Bonchev–Trinajstić information content (AvgIpc) is 2.80. The van der Waals surface area contributed by atoms with Crippen molar-refractivity contribution < 1.29 is 23.8 Å². The van der Waals surface area contributed by atoms with E-state index in [0.717, 1.165) is 16.3 Å². The molecule has 3 aromatic rings. The van der Waals surface area contributed by atoms with Crippen molar-refractivity contribution >= 4 is 16.7 Å². The molecule has 1 fully saturated rings. The van der Waals surface area contributed by atoms with Gasteiger partial charge in [0.1, 0.15) is 11.5 Å². The van der Waals surface area contributed by atoms with Crippen molar-refractivity contribution in [2.75, 3.05) is 20.3 Å². The van der Waals surface area contributed by atoms with Gasteiger partial charge in [-0.2, -0.15) is 0 Å². The quantitative estimate of drug-likeness (QED) is 0.612. The van der Waals surface area contributed by atoms with Crippen molar-refractivity contribution in [2.45, 2.75) is 38.1 Å². The fraction of sp³-hybridized carbons (Fsp3) is 0.360. The minimum Gasteiger partial charge on any atom is -0.502 e. The van der Waals surface area contributed by atoms with Crippen LogP contribution in [0.5, 0.6) is 11.5 Å². The summed E-state index contributed by atoms with van der Waals surface area (Å²) in [6.07, 6.45) is 1.01. The number of hydrogen-bond donors (Lipinski definition) is 2. The van der Waals surface area contributed by atoms with E-state index in [0.29, 0.717) is 44.1 Å². The van der Waals surface area contributed by atoms with Gasteiger partial charge in [-0.05, 0) is 36.6 Å². The van der Waals surface area contributed by atoms with Crippen molar-refractivity contribution in [3.8, 4) is 11.5 Å². The molecule has 0 atom stereocenters. The van der Waals surface area contributed by atoms with Crippen molar-refractivity contribution in [2.24, 2.45) is 0 Å². The molecule has 0 unspecified atom stereocenters. The van der Waals surface area contributed by atoms with E-state index in [2.05, 4.69) is 5.32 Å². The van der Waals surface area contributed by atoms with E-state index in [1.54, 1.807) is 14.0 Å². The summed E-state index contributed by atoms with van der Waals surface area (Å²) in [5.74, 6) is 0.636. The summed E-state index contributed by atoms with van der Waals surface area (Å²) in [5, 5.41) is 15.5. The highest BCUT2D eigenvalue weighted by molar-refractivity contribution is 5.88. The van der Waals surface area contributed by atoms with Crippen molar-refractivity contribution in [1.82, 2.24) is 5.32 Å². The molecule has 0 saturated carbocycles. The Labute approximate surface area is 186 Å². The zero-order valence-electron chi connectivity index (χ0n) is 18.3. The lowest BCUT2D eigenvalue weighted by Crippen LogP contribution is -2.40. The van der Waals surface area contributed by atoms with Gasteiger partial charge >= 0.3 is 0 Å². The highest BCUT2D eigenvalue weighted by Gasteiger charge is 2.42. The van der Waals surface area contributed by atoms with Crippen LogP contribution >= 0.6 is 0 Å². The molecule has 7 nitrogen and oxygen atoms in total. The smallest absolute Gasteiger partial charge is 0.227 e. The zero-order chi connectivity index (χ0) is 22.7. The summed E-state index contributed by atoms with van der Waals surface area (Å²) in [4.78, 5) is 25.3. The van der Waals surface area contributed by atoms with Crippen LogP contribution in [0, 0.1) is 6.92 Å². The predicted molar refractivity (Wildman–Crippen MR) is 120 cm³/mol. The van der Waals surface area contributed by atoms with Crippen LogP contribution in [0.4, 0.5) is 0 Å². The SMILES string of the molecule is COc1ccc2ccccc2c1CNC(=O)CC1(c2oc(C)cc(=O)c2O)CCOCC1. The van der Waals surface area contributed by atoms with Crippen molar-refractivity contribution in [1.29, 1.82) is 0 Å². The van der Waals surface area contributed by atoms with E-state index < -0.39 is 16.6 Å². The highest BCUT2D eigenvalue weighted by atomic mass is 16.5. The fourth-order valence-corrected chi connectivity index (χ4v) is 4.46. The Kier molecular flexibility index (Phi) is 6.19. The minimum atomic E-state index is -0.805. The van der Waals surface area contributed by atoms with Gasteiger partial charge in [-0.1, -0.05) is 30.3 Å². The van der Waals surface area contributed by atoms with Gasteiger partial charge in [0, 0.05) is 43.2 Å². The number of fused-ring (bicyclic) bond motifs is 1. The van der Waals surface area contributed by atoms with Crippen LogP contribution in [0.2, 0.25) is 0 Å². The Balaban J connectivity index is 1.60. The molecular weight excluding hydrogens is 410 g/mol. The summed E-state index contributed by atoms with van der Waals surface area (Å²) < 4.78 is 16.8. The van der Waals surface area contributed by atoms with Gasteiger partial charge in [-0.25, -0.2) is 0 Å². The Morgan fingerprint density at radius 3 is 2.69 bits per heavy atom. The van der Waals surface area contributed by atoms with Gasteiger partial charge in [0.2, 0.25) is 17.1 Å². The van der Waals surface area contributed by atoms with Crippen LogP contribution in [0.25, 0.3) is 10.8 Å². The van der Waals surface area contributed by atoms with Gasteiger partial charge in [0.25, 0.3) is 0 Å². The first-order valence-electron chi connectivity index (χ1n) is 10.7. The number of aryl methyl sites for hydroxylation is 1. The first kappa shape index (κ1) is 21.9. The van der Waals surface area contributed by atoms with Crippen LogP contribution in [0.3, 0.4) is 0 Å². The average molecular weight is 437 g/mol. The molecule has 2 N–H and O–H groups in total. The molecule has 1 saturated heterocycles. The molecule has 0 spiro atoms. The standard InChI is InChI=1S/C25H27NO6/c1-16-13-20(27)23(29)24(32-16)25(9-11-31-12-10-25)14-22(28)26-15-19-18-6-4-3-5-17(18)7-8-21(19)30-2/h3-8,13,29H,9-12,14-15H2,1-2H3,(H,26,28). The Hall–Kier alpha value is -3.32. The van der Waals surface area contributed by atoms with Crippen LogP contribution in [-0.2, 0) is 21.5 Å². The molecule has 0 aliphatic carbocycles. The summed E-state index contributed by atoms with van der Waals surface area (Å²) in [6, 6.07) is 13.1. The van der Waals surface area contributed by atoms with Gasteiger partial charge < -0.3 is 24.3 Å². The van der Waals surface area contributed by atoms with E-state index >= 15 is 0 Å². The normalized spacial score (nSPS) is 15.4. The van der Waals surface area contributed by atoms with E-state index in [9.17, 15) is 14.7 Å². The molecule has 1 aliphatic rings. The number of aromatic hydroxyl groups is 1. The second-order valence-corrected chi connectivity index (χ2v) is 8.21. The zero-order valence-corrected chi connectivity index (χ0v) is 18.3. The van der Waals surface area contributed by atoms with Gasteiger partial charge in [0.15, 0.2) is 5.76 Å². The molecule has 0 bridgehead atoms. The number of methoxy groups -OCH3 is 1. The molecule has 7 heteroatoms. The van der Waals surface area contributed by atoms with E-state index in [1.807, 2.05) is 36.4 Å². The number of hydrogen-bond acceptors (Lipinski definition) is 6. The number of nitrogens with one attached hydrogen (secondary N) is 1. The third-order valence-corrected chi connectivity index (χ3v) is 6.16. The molecule has 1 aliphatic heterocycles. The fourth-order valence-electron chi connectivity index (χ4n) is 4.46. The van der Waals surface area contributed by atoms with Gasteiger partial charge in [0.05, 0.1) is 7.11 Å². The molecular formula is C25H27NO6. The Morgan fingerprint density at radius 1 is 1.19 bits per heavy atom. The summed E-state index contributed by atoms with van der Waals surface area (Å²) in [5.41, 5.74) is -0.416. The number of carbonyl (C=O) groups excluding carboxylic acids is 1. The molecule has 0 radical (unpaired) electrons. The predicted octanol–water partition coefficient (Wildman–Crippen LogP) is 3.57. The maximum Gasteiger partial charge on any atom is 0.227 e. The van der Waals surface area contributed by atoms with E-state index in [-0.39, 0.29) is 18.1 Å². The number of benzene rings is 2. The van der Waals surface area contributed by atoms with Gasteiger partial charge in [-0.15, -0.1) is 0 Å². The van der Waals surface area contributed by atoms with Crippen molar-refractivity contribution in [3.63, 3.8) is 0 Å².